The highest BCUT2D eigenvalue weighted by molar-refractivity contribution is 5.72. The van der Waals surface area contributed by atoms with E-state index in [4.69, 9.17) is 9.05 Å². The lowest BCUT2D eigenvalue weighted by molar-refractivity contribution is 0.379. The summed E-state index contributed by atoms with van der Waals surface area (Å²) in [6.45, 7) is 3.93. The van der Waals surface area contributed by atoms with Gasteiger partial charge in [-0.15, -0.1) is 0 Å². The molecule has 0 spiro atoms. The Labute approximate surface area is 136 Å². The molecule has 0 N–H and O–H groups in total. The van der Waals surface area contributed by atoms with Gasteiger partial charge in [0, 0.05) is 23.4 Å². The molecule has 0 atom stereocenters. The van der Waals surface area contributed by atoms with Crippen molar-refractivity contribution in [3.05, 3.63) is 35.5 Å². The highest BCUT2D eigenvalue weighted by atomic mass is 16.5. The van der Waals surface area contributed by atoms with E-state index in [1.165, 1.54) is 0 Å². The summed E-state index contributed by atoms with van der Waals surface area (Å²) in [7, 11) is 0. The van der Waals surface area contributed by atoms with Crippen LogP contribution in [0.4, 0.5) is 0 Å². The predicted molar refractivity (Wildman–Crippen MR) is 83.2 cm³/mol. The summed E-state index contributed by atoms with van der Waals surface area (Å²) in [5, 5.41) is 12.4. The van der Waals surface area contributed by atoms with Gasteiger partial charge in [0.15, 0.2) is 11.3 Å². The van der Waals surface area contributed by atoms with Gasteiger partial charge in [-0.3, -0.25) is 0 Å². The SMILES string of the molecule is Cc1cc(C)n2ncc(-c3noc(-c4cc(C5CC5)on4)n3)c2n1. The maximum absolute atomic E-state index is 5.35. The van der Waals surface area contributed by atoms with Crippen LogP contribution in [0.15, 0.2) is 27.4 Å². The molecule has 24 heavy (non-hydrogen) atoms. The van der Waals surface area contributed by atoms with E-state index in [9.17, 15) is 0 Å². The van der Waals surface area contributed by atoms with Crippen LogP contribution in [0.25, 0.3) is 28.6 Å². The van der Waals surface area contributed by atoms with E-state index in [2.05, 4.69) is 25.4 Å². The molecule has 4 heterocycles. The Balaban J connectivity index is 1.57. The summed E-state index contributed by atoms with van der Waals surface area (Å²) in [6, 6.07) is 3.85. The van der Waals surface area contributed by atoms with Gasteiger partial charge < -0.3 is 9.05 Å². The Morgan fingerprint density at radius 1 is 1.08 bits per heavy atom. The van der Waals surface area contributed by atoms with Crippen molar-refractivity contribution in [3.8, 4) is 23.0 Å². The standard InChI is InChI=1S/C16H14N6O2/c1-8-5-9(2)22-15(18-8)11(7-17-22)14-19-16(24-21-14)12-6-13(23-20-12)10-3-4-10/h5-7,10H,3-4H2,1-2H3. The molecular weight excluding hydrogens is 308 g/mol. The van der Waals surface area contributed by atoms with E-state index in [1.807, 2.05) is 26.0 Å². The largest absolute Gasteiger partial charge is 0.360 e. The number of nitrogens with zero attached hydrogens (tertiary/aromatic N) is 6. The maximum atomic E-state index is 5.35. The molecule has 4 aromatic rings. The van der Waals surface area contributed by atoms with Gasteiger partial charge in [0.1, 0.15) is 5.76 Å². The van der Waals surface area contributed by atoms with Crippen LogP contribution in [0.3, 0.4) is 0 Å². The molecule has 0 amide bonds. The van der Waals surface area contributed by atoms with Crippen molar-refractivity contribution in [2.75, 3.05) is 0 Å². The van der Waals surface area contributed by atoms with Crippen molar-refractivity contribution in [1.29, 1.82) is 0 Å². The van der Waals surface area contributed by atoms with E-state index in [-0.39, 0.29) is 0 Å². The zero-order chi connectivity index (χ0) is 16.3. The van der Waals surface area contributed by atoms with Crippen molar-refractivity contribution in [1.82, 2.24) is 29.9 Å². The lowest BCUT2D eigenvalue weighted by Crippen LogP contribution is -1.97. The highest BCUT2D eigenvalue weighted by Crippen LogP contribution is 2.41. The number of aryl methyl sites for hydroxylation is 2. The molecule has 0 aromatic carbocycles. The van der Waals surface area contributed by atoms with Crippen LogP contribution in [0.5, 0.6) is 0 Å². The van der Waals surface area contributed by atoms with E-state index in [0.29, 0.717) is 29.0 Å². The van der Waals surface area contributed by atoms with Crippen molar-refractivity contribution in [2.24, 2.45) is 0 Å². The molecule has 8 heteroatoms. The fourth-order valence-electron chi connectivity index (χ4n) is 2.82. The van der Waals surface area contributed by atoms with E-state index >= 15 is 0 Å². The summed E-state index contributed by atoms with van der Waals surface area (Å²) in [6.07, 6.45) is 3.99. The molecule has 5 rings (SSSR count). The minimum atomic E-state index is 0.337. The van der Waals surface area contributed by atoms with Crippen LogP contribution in [0, 0.1) is 13.8 Å². The molecule has 0 aliphatic heterocycles. The number of aromatic nitrogens is 6. The van der Waals surface area contributed by atoms with Crippen molar-refractivity contribution >= 4 is 5.65 Å². The first kappa shape index (κ1) is 13.4. The predicted octanol–water partition coefficient (Wildman–Crippen LogP) is 2.93. The molecule has 1 aliphatic carbocycles. The van der Waals surface area contributed by atoms with Crippen LogP contribution >= 0.6 is 0 Å². The summed E-state index contributed by atoms with van der Waals surface area (Å²) >= 11 is 0. The van der Waals surface area contributed by atoms with Gasteiger partial charge in [-0.25, -0.2) is 9.50 Å². The molecule has 1 fully saturated rings. The second-order valence-electron chi connectivity index (χ2n) is 6.14. The van der Waals surface area contributed by atoms with Crippen LogP contribution in [-0.2, 0) is 0 Å². The second kappa shape index (κ2) is 4.73. The molecule has 120 valence electrons. The van der Waals surface area contributed by atoms with Gasteiger partial charge >= 0.3 is 0 Å². The first-order chi connectivity index (χ1) is 11.7. The fraction of sp³-hybridized carbons (Fsp3) is 0.312. The summed E-state index contributed by atoms with van der Waals surface area (Å²) in [4.78, 5) is 8.97. The van der Waals surface area contributed by atoms with Gasteiger partial charge in [0.05, 0.1) is 11.8 Å². The Bertz CT molecular complexity index is 1060. The number of rotatable bonds is 3. The number of hydrogen-bond acceptors (Lipinski definition) is 7. The van der Waals surface area contributed by atoms with E-state index < -0.39 is 0 Å². The second-order valence-corrected chi connectivity index (χ2v) is 6.14. The number of hydrogen-bond donors (Lipinski definition) is 0. The minimum Gasteiger partial charge on any atom is -0.360 e. The first-order valence-electron chi connectivity index (χ1n) is 7.82. The van der Waals surface area contributed by atoms with Gasteiger partial charge in [-0.2, -0.15) is 10.1 Å². The molecule has 4 aromatic heterocycles. The molecule has 0 radical (unpaired) electrons. The lowest BCUT2D eigenvalue weighted by atomic mass is 10.3. The molecule has 1 aliphatic rings. The third-order valence-corrected chi connectivity index (χ3v) is 4.17. The van der Waals surface area contributed by atoms with Crippen LogP contribution < -0.4 is 0 Å². The molecule has 1 saturated carbocycles. The van der Waals surface area contributed by atoms with Gasteiger partial charge in [-0.1, -0.05) is 10.3 Å². The summed E-state index contributed by atoms with van der Waals surface area (Å²) in [5.74, 6) is 2.15. The van der Waals surface area contributed by atoms with E-state index in [1.54, 1.807) is 10.7 Å². The molecule has 0 saturated heterocycles. The van der Waals surface area contributed by atoms with Crippen LogP contribution in [0.2, 0.25) is 0 Å². The Kier molecular flexibility index (Phi) is 2.64. The summed E-state index contributed by atoms with van der Waals surface area (Å²) < 4.78 is 12.5. The monoisotopic (exact) mass is 322 g/mol. The molecular formula is C16H14N6O2. The van der Waals surface area contributed by atoms with E-state index in [0.717, 1.165) is 35.6 Å². The maximum Gasteiger partial charge on any atom is 0.280 e. The Morgan fingerprint density at radius 3 is 2.79 bits per heavy atom. The average molecular weight is 322 g/mol. The lowest BCUT2D eigenvalue weighted by Gasteiger charge is -2.00. The van der Waals surface area contributed by atoms with Gasteiger partial charge in [-0.05, 0) is 32.8 Å². The molecule has 0 bridgehead atoms. The highest BCUT2D eigenvalue weighted by Gasteiger charge is 2.29. The Morgan fingerprint density at radius 2 is 1.96 bits per heavy atom. The smallest absolute Gasteiger partial charge is 0.280 e. The average Bonchev–Trinajstić information content (AvgIpc) is 3.00. The van der Waals surface area contributed by atoms with Crippen molar-refractivity contribution < 1.29 is 9.05 Å². The molecule has 8 nitrogen and oxygen atoms in total. The van der Waals surface area contributed by atoms with Gasteiger partial charge in [0.25, 0.3) is 5.89 Å². The Hall–Kier alpha value is -3.03. The third-order valence-electron chi connectivity index (χ3n) is 4.17. The zero-order valence-electron chi connectivity index (χ0n) is 13.2. The third kappa shape index (κ3) is 2.03. The fourth-order valence-corrected chi connectivity index (χ4v) is 2.82. The normalized spacial score (nSPS) is 14.6. The van der Waals surface area contributed by atoms with Crippen molar-refractivity contribution in [2.45, 2.75) is 32.6 Å². The van der Waals surface area contributed by atoms with Crippen LogP contribution in [0.1, 0.15) is 35.9 Å². The van der Waals surface area contributed by atoms with Crippen LogP contribution in [-0.4, -0.2) is 29.9 Å². The van der Waals surface area contributed by atoms with Gasteiger partial charge in [0.2, 0.25) is 5.82 Å². The zero-order valence-corrected chi connectivity index (χ0v) is 13.2. The molecule has 0 unspecified atom stereocenters. The van der Waals surface area contributed by atoms with Crippen molar-refractivity contribution in [3.63, 3.8) is 0 Å². The first-order valence-corrected chi connectivity index (χ1v) is 7.82. The topological polar surface area (TPSA) is 95.1 Å². The minimum absolute atomic E-state index is 0.337. The number of fused-ring (bicyclic) bond motifs is 1. The summed E-state index contributed by atoms with van der Waals surface area (Å²) in [5.41, 5.74) is 3.91. The quantitative estimate of drug-likeness (QED) is 0.572.